The number of unbranched alkanes of at least 4 members (excludes halogenated alkanes) is 2. The van der Waals surface area contributed by atoms with Gasteiger partial charge in [0.25, 0.3) is 0 Å². The van der Waals surface area contributed by atoms with E-state index in [-0.39, 0.29) is 0 Å². The van der Waals surface area contributed by atoms with Crippen molar-refractivity contribution in [1.29, 1.82) is 0 Å². The first-order chi connectivity index (χ1) is 12.2. The smallest absolute Gasteiger partial charge is 0.0270 e. The van der Waals surface area contributed by atoms with E-state index in [2.05, 4.69) is 80.4 Å². The van der Waals surface area contributed by atoms with E-state index in [9.17, 15) is 0 Å². The molecule has 0 saturated carbocycles. The number of benzene rings is 1. The average molecular weight is 332 g/mol. The summed E-state index contributed by atoms with van der Waals surface area (Å²) >= 11 is 0. The van der Waals surface area contributed by atoms with Crippen LogP contribution in [0, 0.1) is 0 Å². The molecule has 1 aromatic carbocycles. The van der Waals surface area contributed by atoms with Gasteiger partial charge in [0.05, 0.1) is 0 Å². The SMILES string of the molecule is CCCCCC(=C\C=C(/C)c1ccccc1)/C1=C(C)\C=C/N=CC=C1. The fraction of sp³-hybridized carbons (Fsp3) is 0.292. The second-order valence-electron chi connectivity index (χ2n) is 6.43. The molecule has 0 atom stereocenters. The fourth-order valence-corrected chi connectivity index (χ4v) is 2.87. The van der Waals surface area contributed by atoms with Crippen molar-refractivity contribution in [3.8, 4) is 0 Å². The molecule has 0 unspecified atom stereocenters. The topological polar surface area (TPSA) is 12.4 Å². The summed E-state index contributed by atoms with van der Waals surface area (Å²) in [7, 11) is 0. The van der Waals surface area contributed by atoms with E-state index in [1.165, 1.54) is 47.1 Å². The molecular formula is C24H29N. The molecule has 2 rings (SSSR count). The van der Waals surface area contributed by atoms with Gasteiger partial charge in [0, 0.05) is 12.4 Å². The molecule has 0 aromatic heterocycles. The van der Waals surface area contributed by atoms with Crippen LogP contribution in [0.15, 0.2) is 88.6 Å². The van der Waals surface area contributed by atoms with Crippen molar-refractivity contribution in [3.63, 3.8) is 0 Å². The Bertz CT molecular complexity index is 725. The molecule has 0 aliphatic carbocycles. The Balaban J connectivity index is 2.33. The van der Waals surface area contributed by atoms with Crippen molar-refractivity contribution in [3.05, 3.63) is 89.2 Å². The molecule has 130 valence electrons. The summed E-state index contributed by atoms with van der Waals surface area (Å²) in [5.74, 6) is 0. The lowest BCUT2D eigenvalue weighted by molar-refractivity contribution is 0.716. The number of hydrogen-bond acceptors (Lipinski definition) is 1. The molecule has 1 aliphatic rings. The number of aliphatic imine (C=N–C) groups is 1. The summed E-state index contributed by atoms with van der Waals surface area (Å²) in [5.41, 5.74) is 6.55. The van der Waals surface area contributed by atoms with Crippen LogP contribution < -0.4 is 0 Å². The number of hydrogen-bond donors (Lipinski definition) is 0. The van der Waals surface area contributed by atoms with Crippen LogP contribution in [0.5, 0.6) is 0 Å². The monoisotopic (exact) mass is 331 g/mol. The van der Waals surface area contributed by atoms with Crippen LogP contribution in [0.4, 0.5) is 0 Å². The molecule has 25 heavy (non-hydrogen) atoms. The van der Waals surface area contributed by atoms with E-state index >= 15 is 0 Å². The number of rotatable bonds is 7. The van der Waals surface area contributed by atoms with Gasteiger partial charge in [0.2, 0.25) is 0 Å². The Morgan fingerprint density at radius 2 is 1.84 bits per heavy atom. The summed E-state index contributed by atoms with van der Waals surface area (Å²) in [6, 6.07) is 10.6. The number of nitrogens with zero attached hydrogens (tertiary/aromatic N) is 1. The van der Waals surface area contributed by atoms with Crippen molar-refractivity contribution in [2.45, 2.75) is 46.5 Å². The van der Waals surface area contributed by atoms with E-state index in [1.807, 2.05) is 18.5 Å². The Kier molecular flexibility index (Phi) is 7.91. The van der Waals surface area contributed by atoms with Crippen molar-refractivity contribution < 1.29 is 0 Å². The molecule has 1 nitrogen and oxygen atoms in total. The molecule has 1 heteroatoms. The number of allylic oxidation sites excluding steroid dienone is 9. The van der Waals surface area contributed by atoms with Crippen molar-refractivity contribution in [1.82, 2.24) is 0 Å². The van der Waals surface area contributed by atoms with Crippen LogP contribution in [0.3, 0.4) is 0 Å². The lowest BCUT2D eigenvalue weighted by Crippen LogP contribution is -1.93. The normalized spacial score (nSPS) is 19.6. The van der Waals surface area contributed by atoms with Crippen molar-refractivity contribution in [2.24, 2.45) is 4.99 Å². The Hall–Kier alpha value is -2.41. The first kappa shape index (κ1) is 18.9. The molecule has 0 radical (unpaired) electrons. The van der Waals surface area contributed by atoms with Crippen LogP contribution in [-0.2, 0) is 0 Å². The minimum atomic E-state index is 1.11. The van der Waals surface area contributed by atoms with Gasteiger partial charge in [-0.1, -0.05) is 68.3 Å². The minimum Gasteiger partial charge on any atom is -0.265 e. The molecule has 0 spiro atoms. The van der Waals surface area contributed by atoms with Gasteiger partial charge in [0.15, 0.2) is 0 Å². The Morgan fingerprint density at radius 3 is 2.60 bits per heavy atom. The molecular weight excluding hydrogens is 302 g/mol. The first-order valence-corrected chi connectivity index (χ1v) is 9.23. The highest BCUT2D eigenvalue weighted by atomic mass is 14.7. The lowest BCUT2D eigenvalue weighted by Gasteiger charge is -2.12. The molecule has 0 fully saturated rings. The summed E-state index contributed by atoms with van der Waals surface area (Å²) in [5, 5.41) is 0. The zero-order chi connectivity index (χ0) is 17.9. The zero-order valence-electron chi connectivity index (χ0n) is 15.7. The fourth-order valence-electron chi connectivity index (χ4n) is 2.87. The third-order valence-electron chi connectivity index (χ3n) is 4.43. The van der Waals surface area contributed by atoms with E-state index in [1.54, 1.807) is 0 Å². The predicted molar refractivity (Wildman–Crippen MR) is 112 cm³/mol. The van der Waals surface area contributed by atoms with E-state index in [0.29, 0.717) is 0 Å². The highest BCUT2D eigenvalue weighted by Crippen LogP contribution is 2.25. The summed E-state index contributed by atoms with van der Waals surface area (Å²) in [6.07, 6.45) is 19.4. The van der Waals surface area contributed by atoms with Crippen LogP contribution in [0.25, 0.3) is 5.57 Å². The van der Waals surface area contributed by atoms with E-state index in [0.717, 1.165) is 6.42 Å². The third kappa shape index (κ3) is 6.19. The quantitative estimate of drug-likeness (QED) is 0.374. The molecule has 0 amide bonds. The van der Waals surface area contributed by atoms with Gasteiger partial charge in [-0.05, 0) is 66.7 Å². The second kappa shape index (κ2) is 10.5. The van der Waals surface area contributed by atoms with Gasteiger partial charge in [-0.2, -0.15) is 0 Å². The van der Waals surface area contributed by atoms with Gasteiger partial charge in [-0.3, -0.25) is 4.99 Å². The Labute approximate surface area is 152 Å². The lowest BCUT2D eigenvalue weighted by atomic mass is 9.94. The van der Waals surface area contributed by atoms with Crippen LogP contribution >= 0.6 is 0 Å². The molecule has 1 heterocycles. The maximum Gasteiger partial charge on any atom is 0.0270 e. The highest BCUT2D eigenvalue weighted by Gasteiger charge is 2.06. The van der Waals surface area contributed by atoms with Gasteiger partial charge in [-0.15, -0.1) is 0 Å². The van der Waals surface area contributed by atoms with Gasteiger partial charge >= 0.3 is 0 Å². The minimum absolute atomic E-state index is 1.11. The molecule has 0 N–H and O–H groups in total. The average Bonchev–Trinajstić information content (AvgIpc) is 2.63. The van der Waals surface area contributed by atoms with E-state index in [4.69, 9.17) is 0 Å². The molecule has 1 aromatic rings. The maximum absolute atomic E-state index is 4.21. The third-order valence-corrected chi connectivity index (χ3v) is 4.43. The summed E-state index contributed by atoms with van der Waals surface area (Å²) < 4.78 is 0. The standard InChI is InChI=1S/C24H29N/c1-4-5-7-13-23(24-14-10-18-25-19-17-21(24)3)16-15-20(2)22-11-8-6-9-12-22/h6,8-12,14-19H,4-5,7,13H2,1-3H3/b14-10?,18-10?,19-17-,20-15+,21-17?,23-16+,24-14?,24-21-,25-18?,25-19?. The predicted octanol–water partition coefficient (Wildman–Crippen LogP) is 7.07. The van der Waals surface area contributed by atoms with Gasteiger partial charge in [0.1, 0.15) is 0 Å². The summed E-state index contributed by atoms with van der Waals surface area (Å²) in [6.45, 7) is 6.60. The molecule has 0 saturated heterocycles. The van der Waals surface area contributed by atoms with Crippen molar-refractivity contribution in [2.75, 3.05) is 0 Å². The Morgan fingerprint density at radius 1 is 1.04 bits per heavy atom. The largest absolute Gasteiger partial charge is 0.265 e. The molecule has 1 aliphatic heterocycles. The highest BCUT2D eigenvalue weighted by molar-refractivity contribution is 5.74. The molecule has 0 bridgehead atoms. The zero-order valence-corrected chi connectivity index (χ0v) is 15.7. The maximum atomic E-state index is 4.21. The second-order valence-corrected chi connectivity index (χ2v) is 6.43. The van der Waals surface area contributed by atoms with Crippen molar-refractivity contribution >= 4 is 11.8 Å². The van der Waals surface area contributed by atoms with E-state index < -0.39 is 0 Å². The van der Waals surface area contributed by atoms with Crippen LogP contribution in [0.1, 0.15) is 52.0 Å². The first-order valence-electron chi connectivity index (χ1n) is 9.23. The van der Waals surface area contributed by atoms with Gasteiger partial charge < -0.3 is 0 Å². The summed E-state index contributed by atoms with van der Waals surface area (Å²) in [4.78, 5) is 4.21. The van der Waals surface area contributed by atoms with Crippen LogP contribution in [-0.4, -0.2) is 6.21 Å². The van der Waals surface area contributed by atoms with Gasteiger partial charge in [-0.25, -0.2) is 0 Å². The van der Waals surface area contributed by atoms with Crippen LogP contribution in [0.2, 0.25) is 0 Å².